The van der Waals surface area contributed by atoms with Crippen molar-refractivity contribution in [1.82, 2.24) is 14.5 Å². The van der Waals surface area contributed by atoms with E-state index in [9.17, 15) is 18.0 Å². The largest absolute Gasteiger partial charge is 0.339 e. The molecule has 2 amide bonds. The fourth-order valence-corrected chi connectivity index (χ4v) is 4.53. The predicted molar refractivity (Wildman–Crippen MR) is 87.2 cm³/mol. The lowest BCUT2D eigenvalue weighted by atomic mass is 9.88. The molecule has 0 aromatic heterocycles. The van der Waals surface area contributed by atoms with Crippen LogP contribution in [-0.4, -0.2) is 68.0 Å². The molecule has 2 rings (SSSR count). The molecule has 1 aliphatic heterocycles. The minimum Gasteiger partial charge on any atom is -0.339 e. The van der Waals surface area contributed by atoms with E-state index in [1.54, 1.807) is 4.90 Å². The van der Waals surface area contributed by atoms with Gasteiger partial charge in [0.15, 0.2) is 0 Å². The highest BCUT2D eigenvalue weighted by Crippen LogP contribution is 2.23. The highest BCUT2D eigenvalue weighted by Gasteiger charge is 2.28. The number of piperazine rings is 1. The molecule has 7 nitrogen and oxygen atoms in total. The summed E-state index contributed by atoms with van der Waals surface area (Å²) in [5.74, 6) is -0.253. The van der Waals surface area contributed by atoms with E-state index in [2.05, 4.69) is 11.6 Å². The summed E-state index contributed by atoms with van der Waals surface area (Å²) in [6.45, 7) is 5.40. The average Bonchev–Trinajstić information content (AvgIpc) is 2.49. The van der Waals surface area contributed by atoms with Crippen LogP contribution >= 0.6 is 0 Å². The van der Waals surface area contributed by atoms with Gasteiger partial charge in [0, 0.05) is 39.1 Å². The fourth-order valence-electron chi connectivity index (χ4n) is 3.20. The van der Waals surface area contributed by atoms with E-state index in [1.807, 2.05) is 0 Å². The number of nitrogens with zero attached hydrogens (tertiary/aromatic N) is 2. The Morgan fingerprint density at radius 2 is 1.52 bits per heavy atom. The van der Waals surface area contributed by atoms with Gasteiger partial charge in [0.2, 0.25) is 21.8 Å². The Morgan fingerprint density at radius 1 is 1.00 bits per heavy atom. The van der Waals surface area contributed by atoms with E-state index in [0.717, 1.165) is 25.7 Å². The second-order valence-corrected chi connectivity index (χ2v) is 8.47. The van der Waals surface area contributed by atoms with E-state index in [4.69, 9.17) is 0 Å². The van der Waals surface area contributed by atoms with Gasteiger partial charge in [-0.15, -0.1) is 0 Å². The van der Waals surface area contributed by atoms with Crippen molar-refractivity contribution in [2.45, 2.75) is 45.6 Å². The number of nitrogens with one attached hydrogen (secondary N) is 1. The number of carbonyl (C=O) groups is 2. The molecule has 1 saturated heterocycles. The van der Waals surface area contributed by atoms with Crippen LogP contribution in [0, 0.1) is 5.92 Å². The van der Waals surface area contributed by atoms with Crippen LogP contribution in [0.1, 0.15) is 39.5 Å². The smallest absolute Gasteiger partial charge is 0.239 e. The first-order chi connectivity index (χ1) is 10.8. The molecule has 0 unspecified atom stereocenters. The first-order valence-corrected chi connectivity index (χ1v) is 9.95. The number of amides is 2. The predicted octanol–water partition coefficient (Wildman–Crippen LogP) is 0.175. The van der Waals surface area contributed by atoms with Crippen LogP contribution in [0.2, 0.25) is 0 Å². The second-order valence-electron chi connectivity index (χ2n) is 6.72. The van der Waals surface area contributed by atoms with Crippen LogP contribution in [0.5, 0.6) is 0 Å². The molecule has 0 bridgehead atoms. The number of sulfonamides is 1. The highest BCUT2D eigenvalue weighted by atomic mass is 32.2. The summed E-state index contributed by atoms with van der Waals surface area (Å²) in [7, 11) is -3.60. The molecule has 0 atom stereocenters. The van der Waals surface area contributed by atoms with Crippen LogP contribution in [0.3, 0.4) is 0 Å². The van der Waals surface area contributed by atoms with Gasteiger partial charge in [0.1, 0.15) is 5.75 Å². The van der Waals surface area contributed by atoms with E-state index in [-0.39, 0.29) is 17.9 Å². The molecule has 2 aliphatic rings. The van der Waals surface area contributed by atoms with Crippen LogP contribution < -0.4 is 4.72 Å². The van der Waals surface area contributed by atoms with Gasteiger partial charge in [-0.3, -0.25) is 9.59 Å². The Hall–Kier alpha value is -1.15. The quantitative estimate of drug-likeness (QED) is 0.787. The number of rotatable bonds is 4. The van der Waals surface area contributed by atoms with E-state index < -0.39 is 15.8 Å². The zero-order valence-corrected chi connectivity index (χ0v) is 14.8. The third kappa shape index (κ3) is 5.46. The zero-order valence-electron chi connectivity index (χ0n) is 14.0. The average molecular weight is 345 g/mol. The number of hydrogen-bond acceptors (Lipinski definition) is 4. The minimum atomic E-state index is -3.60. The summed E-state index contributed by atoms with van der Waals surface area (Å²) in [5, 5.41) is 0. The normalized spacial score (nSPS) is 26.2. The van der Waals surface area contributed by atoms with Crippen molar-refractivity contribution < 1.29 is 18.0 Å². The first-order valence-electron chi connectivity index (χ1n) is 8.30. The maximum atomic E-state index is 12.2. The summed E-state index contributed by atoms with van der Waals surface area (Å²) in [6, 6.07) is -0.0430. The molecule has 1 saturated carbocycles. The van der Waals surface area contributed by atoms with Crippen molar-refractivity contribution in [2.75, 3.05) is 31.9 Å². The maximum Gasteiger partial charge on any atom is 0.239 e. The molecular weight excluding hydrogens is 318 g/mol. The Labute approximate surface area is 138 Å². The van der Waals surface area contributed by atoms with E-state index in [0.29, 0.717) is 32.1 Å². The van der Waals surface area contributed by atoms with Gasteiger partial charge in [-0.2, -0.15) is 0 Å². The van der Waals surface area contributed by atoms with Crippen molar-refractivity contribution in [3.8, 4) is 0 Å². The number of hydrogen-bond donors (Lipinski definition) is 1. The van der Waals surface area contributed by atoms with Crippen molar-refractivity contribution in [3.05, 3.63) is 0 Å². The SMILES string of the molecule is CC(=O)N1CCN(C(=O)CS(=O)(=O)NC2CCC(C)CC2)CC1. The lowest BCUT2D eigenvalue weighted by Crippen LogP contribution is -2.52. The third-order valence-electron chi connectivity index (χ3n) is 4.75. The van der Waals surface area contributed by atoms with Gasteiger partial charge in [0.25, 0.3) is 0 Å². The first kappa shape index (κ1) is 18.2. The summed E-state index contributed by atoms with van der Waals surface area (Å²) in [4.78, 5) is 26.6. The van der Waals surface area contributed by atoms with Crippen LogP contribution in [0.4, 0.5) is 0 Å². The Balaban J connectivity index is 1.81. The van der Waals surface area contributed by atoms with Gasteiger partial charge in [-0.25, -0.2) is 13.1 Å². The molecule has 0 radical (unpaired) electrons. The molecule has 1 heterocycles. The standard InChI is InChI=1S/C15H27N3O4S/c1-12-3-5-14(6-4-12)16-23(21,22)11-15(20)18-9-7-17(8-10-18)13(2)19/h12,14,16H,3-11H2,1-2H3. The zero-order chi connectivity index (χ0) is 17.0. The summed E-state index contributed by atoms with van der Waals surface area (Å²) in [6.07, 6.45) is 3.72. The lowest BCUT2D eigenvalue weighted by molar-refractivity contribution is -0.136. The van der Waals surface area contributed by atoms with E-state index in [1.165, 1.54) is 11.8 Å². The van der Waals surface area contributed by atoms with Crippen molar-refractivity contribution in [1.29, 1.82) is 0 Å². The van der Waals surface area contributed by atoms with Crippen molar-refractivity contribution >= 4 is 21.8 Å². The third-order valence-corrected chi connectivity index (χ3v) is 6.07. The van der Waals surface area contributed by atoms with Gasteiger partial charge in [0.05, 0.1) is 0 Å². The Bertz CT molecular complexity index is 533. The Morgan fingerprint density at radius 3 is 2.04 bits per heavy atom. The molecule has 1 N–H and O–H groups in total. The van der Waals surface area contributed by atoms with E-state index >= 15 is 0 Å². The second kappa shape index (κ2) is 7.61. The fraction of sp³-hybridized carbons (Fsp3) is 0.867. The minimum absolute atomic E-state index is 0.0158. The topological polar surface area (TPSA) is 86.8 Å². The van der Waals surface area contributed by atoms with Gasteiger partial charge < -0.3 is 9.80 Å². The molecule has 0 aromatic carbocycles. The van der Waals surface area contributed by atoms with Crippen molar-refractivity contribution in [2.24, 2.45) is 5.92 Å². The maximum absolute atomic E-state index is 12.2. The molecule has 1 aliphatic carbocycles. The van der Waals surface area contributed by atoms with Gasteiger partial charge >= 0.3 is 0 Å². The molecule has 132 valence electrons. The summed E-state index contributed by atoms with van der Waals surface area (Å²) >= 11 is 0. The van der Waals surface area contributed by atoms with Crippen molar-refractivity contribution in [3.63, 3.8) is 0 Å². The highest BCUT2D eigenvalue weighted by molar-refractivity contribution is 7.90. The molecule has 0 aromatic rings. The molecule has 0 spiro atoms. The van der Waals surface area contributed by atoms with Crippen LogP contribution in [0.25, 0.3) is 0 Å². The molecule has 2 fully saturated rings. The van der Waals surface area contributed by atoms with Crippen LogP contribution in [0.15, 0.2) is 0 Å². The summed E-state index contributed by atoms with van der Waals surface area (Å²) < 4.78 is 27.0. The number of carbonyl (C=O) groups excluding carboxylic acids is 2. The van der Waals surface area contributed by atoms with Gasteiger partial charge in [-0.05, 0) is 31.6 Å². The summed E-state index contributed by atoms with van der Waals surface area (Å²) in [5.41, 5.74) is 0. The Kier molecular flexibility index (Phi) is 6.02. The molecular formula is C15H27N3O4S. The molecule has 23 heavy (non-hydrogen) atoms. The van der Waals surface area contributed by atoms with Crippen LogP contribution in [-0.2, 0) is 19.6 Å². The molecule has 8 heteroatoms. The lowest BCUT2D eigenvalue weighted by Gasteiger charge is -2.34. The monoisotopic (exact) mass is 345 g/mol. The van der Waals surface area contributed by atoms with Gasteiger partial charge in [-0.1, -0.05) is 6.92 Å².